The van der Waals surface area contributed by atoms with E-state index in [1.807, 2.05) is 29.2 Å². The Labute approximate surface area is 162 Å². The van der Waals surface area contributed by atoms with E-state index >= 15 is 0 Å². The van der Waals surface area contributed by atoms with E-state index < -0.39 is 0 Å². The van der Waals surface area contributed by atoms with Crippen LogP contribution >= 0.6 is 15.9 Å². The summed E-state index contributed by atoms with van der Waals surface area (Å²) in [6, 6.07) is 11.5. The number of hydrogen-bond donors (Lipinski definition) is 0. The zero-order valence-corrected chi connectivity index (χ0v) is 16.7. The molecule has 0 aliphatic carbocycles. The fraction of sp³-hybridized carbons (Fsp3) is 0.350. The van der Waals surface area contributed by atoms with Crippen LogP contribution in [0.3, 0.4) is 0 Å². The molecule has 3 rings (SSSR count). The standard InChI is InChI=1S/C20H22BrNO4/c1-24-15-8-6-13(7-9-15)16-5-4-10-22(16)20(23)14-11-17(25-2)19(21)18(12-14)26-3/h6-9,11-12,16H,4-5,10H2,1-3H3. The van der Waals surface area contributed by atoms with Crippen LogP contribution in [0.25, 0.3) is 0 Å². The predicted octanol–water partition coefficient (Wildman–Crippen LogP) is 4.45. The van der Waals surface area contributed by atoms with Crippen LogP contribution in [-0.4, -0.2) is 38.7 Å². The number of hydrogen-bond acceptors (Lipinski definition) is 4. The molecule has 1 unspecified atom stereocenters. The van der Waals surface area contributed by atoms with Crippen molar-refractivity contribution < 1.29 is 19.0 Å². The fourth-order valence-corrected chi connectivity index (χ4v) is 3.89. The Morgan fingerprint density at radius 2 is 1.65 bits per heavy atom. The molecule has 0 spiro atoms. The van der Waals surface area contributed by atoms with Gasteiger partial charge in [-0.25, -0.2) is 0 Å². The molecule has 0 radical (unpaired) electrons. The Morgan fingerprint density at radius 3 is 2.19 bits per heavy atom. The molecule has 5 nitrogen and oxygen atoms in total. The van der Waals surface area contributed by atoms with Crippen molar-refractivity contribution in [2.45, 2.75) is 18.9 Å². The van der Waals surface area contributed by atoms with Crippen LogP contribution in [0, 0.1) is 0 Å². The molecule has 1 heterocycles. The second kappa shape index (κ2) is 7.99. The van der Waals surface area contributed by atoms with Crippen LogP contribution in [0.4, 0.5) is 0 Å². The lowest BCUT2D eigenvalue weighted by molar-refractivity contribution is 0.0735. The minimum absolute atomic E-state index is 0.0209. The number of halogens is 1. The Hall–Kier alpha value is -2.21. The third kappa shape index (κ3) is 3.51. The van der Waals surface area contributed by atoms with Gasteiger partial charge in [0.15, 0.2) is 0 Å². The van der Waals surface area contributed by atoms with Gasteiger partial charge in [0.25, 0.3) is 5.91 Å². The van der Waals surface area contributed by atoms with Crippen molar-refractivity contribution in [2.75, 3.05) is 27.9 Å². The van der Waals surface area contributed by atoms with Crippen molar-refractivity contribution in [3.8, 4) is 17.2 Å². The fourth-order valence-electron chi connectivity index (χ4n) is 3.34. The molecule has 1 fully saturated rings. The summed E-state index contributed by atoms with van der Waals surface area (Å²) in [5.74, 6) is 1.94. The van der Waals surface area contributed by atoms with Crippen molar-refractivity contribution in [3.63, 3.8) is 0 Å². The lowest BCUT2D eigenvalue weighted by Crippen LogP contribution is -2.30. The SMILES string of the molecule is COc1ccc(C2CCCN2C(=O)c2cc(OC)c(Br)c(OC)c2)cc1. The number of likely N-dealkylation sites (tertiary alicyclic amines) is 1. The summed E-state index contributed by atoms with van der Waals surface area (Å²) in [7, 11) is 4.79. The summed E-state index contributed by atoms with van der Waals surface area (Å²) in [6.07, 6.45) is 1.93. The molecule has 6 heteroatoms. The zero-order valence-electron chi connectivity index (χ0n) is 15.1. The molecule has 0 saturated carbocycles. The average Bonchev–Trinajstić information content (AvgIpc) is 3.17. The minimum atomic E-state index is -0.0209. The van der Waals surface area contributed by atoms with Gasteiger partial charge in [0.05, 0.1) is 27.4 Å². The van der Waals surface area contributed by atoms with Gasteiger partial charge in [-0.15, -0.1) is 0 Å². The Balaban J connectivity index is 1.90. The summed E-state index contributed by atoms with van der Waals surface area (Å²) in [4.78, 5) is 15.1. The van der Waals surface area contributed by atoms with Gasteiger partial charge in [0, 0.05) is 12.1 Å². The van der Waals surface area contributed by atoms with Gasteiger partial charge >= 0.3 is 0 Å². The van der Waals surface area contributed by atoms with Crippen LogP contribution in [0.1, 0.15) is 34.8 Å². The van der Waals surface area contributed by atoms with Gasteiger partial charge < -0.3 is 19.1 Å². The number of benzene rings is 2. The first-order valence-corrected chi connectivity index (χ1v) is 9.24. The van der Waals surface area contributed by atoms with Crippen LogP contribution in [0.5, 0.6) is 17.2 Å². The molecule has 1 atom stereocenters. The molecule has 0 bridgehead atoms. The van der Waals surface area contributed by atoms with Crippen LogP contribution in [0.15, 0.2) is 40.9 Å². The zero-order chi connectivity index (χ0) is 18.7. The molecule has 138 valence electrons. The molecular weight excluding hydrogens is 398 g/mol. The number of ether oxygens (including phenoxy) is 3. The van der Waals surface area contributed by atoms with Gasteiger partial charge in [0.1, 0.15) is 21.7 Å². The largest absolute Gasteiger partial charge is 0.497 e. The highest BCUT2D eigenvalue weighted by molar-refractivity contribution is 9.10. The van der Waals surface area contributed by atoms with E-state index in [0.717, 1.165) is 30.7 Å². The molecule has 26 heavy (non-hydrogen) atoms. The van der Waals surface area contributed by atoms with Crippen LogP contribution < -0.4 is 14.2 Å². The molecule has 1 aliphatic heterocycles. The highest BCUT2D eigenvalue weighted by Gasteiger charge is 2.31. The predicted molar refractivity (Wildman–Crippen MR) is 103 cm³/mol. The minimum Gasteiger partial charge on any atom is -0.497 e. The Kier molecular flexibility index (Phi) is 5.71. The summed E-state index contributed by atoms with van der Waals surface area (Å²) in [5.41, 5.74) is 1.68. The average molecular weight is 420 g/mol. The number of carbonyl (C=O) groups is 1. The topological polar surface area (TPSA) is 48.0 Å². The quantitative estimate of drug-likeness (QED) is 0.717. The number of amides is 1. The van der Waals surface area contributed by atoms with E-state index in [-0.39, 0.29) is 11.9 Å². The normalized spacial score (nSPS) is 16.5. The molecule has 0 aromatic heterocycles. The van der Waals surface area contributed by atoms with Crippen LogP contribution in [0.2, 0.25) is 0 Å². The maximum absolute atomic E-state index is 13.2. The highest BCUT2D eigenvalue weighted by atomic mass is 79.9. The maximum atomic E-state index is 13.2. The van der Waals surface area contributed by atoms with E-state index in [1.165, 1.54) is 0 Å². The number of rotatable bonds is 5. The van der Waals surface area contributed by atoms with Gasteiger partial charge in [-0.3, -0.25) is 4.79 Å². The maximum Gasteiger partial charge on any atom is 0.254 e. The monoisotopic (exact) mass is 419 g/mol. The van der Waals surface area contributed by atoms with Gasteiger partial charge in [-0.05, 0) is 58.6 Å². The lowest BCUT2D eigenvalue weighted by atomic mass is 10.0. The first-order valence-electron chi connectivity index (χ1n) is 8.45. The van der Waals surface area contributed by atoms with Gasteiger partial charge in [0.2, 0.25) is 0 Å². The van der Waals surface area contributed by atoms with E-state index in [9.17, 15) is 4.79 Å². The summed E-state index contributed by atoms with van der Waals surface area (Å²) in [6.45, 7) is 0.732. The molecule has 1 amide bonds. The van der Waals surface area contributed by atoms with Crippen molar-refractivity contribution in [1.82, 2.24) is 4.90 Å². The lowest BCUT2D eigenvalue weighted by Gasteiger charge is -2.26. The summed E-state index contributed by atoms with van der Waals surface area (Å²) < 4.78 is 16.7. The van der Waals surface area contributed by atoms with E-state index in [1.54, 1.807) is 33.5 Å². The second-order valence-corrected chi connectivity index (χ2v) is 6.92. The molecule has 2 aromatic carbocycles. The molecule has 1 saturated heterocycles. The second-order valence-electron chi connectivity index (χ2n) is 6.12. The third-order valence-electron chi connectivity index (χ3n) is 4.71. The van der Waals surface area contributed by atoms with Crippen LogP contribution in [-0.2, 0) is 0 Å². The Morgan fingerprint density at radius 1 is 1.04 bits per heavy atom. The summed E-state index contributed by atoms with van der Waals surface area (Å²) in [5, 5.41) is 0. The van der Waals surface area contributed by atoms with Gasteiger partial charge in [-0.1, -0.05) is 12.1 Å². The van der Waals surface area contributed by atoms with Gasteiger partial charge in [-0.2, -0.15) is 0 Å². The van der Waals surface area contributed by atoms with Crippen molar-refractivity contribution in [2.24, 2.45) is 0 Å². The molecule has 1 aliphatic rings. The molecule has 0 N–H and O–H groups in total. The van der Waals surface area contributed by atoms with E-state index in [0.29, 0.717) is 21.5 Å². The van der Waals surface area contributed by atoms with Crippen molar-refractivity contribution in [1.29, 1.82) is 0 Å². The molecule has 2 aromatic rings. The first-order chi connectivity index (χ1) is 12.6. The molecular formula is C20H22BrNO4. The first kappa shape index (κ1) is 18.6. The summed E-state index contributed by atoms with van der Waals surface area (Å²) >= 11 is 3.44. The third-order valence-corrected chi connectivity index (χ3v) is 5.49. The van der Waals surface area contributed by atoms with Crippen molar-refractivity contribution >= 4 is 21.8 Å². The number of carbonyl (C=O) groups excluding carboxylic acids is 1. The van der Waals surface area contributed by atoms with Crippen molar-refractivity contribution in [3.05, 3.63) is 52.0 Å². The smallest absolute Gasteiger partial charge is 0.254 e. The van der Waals surface area contributed by atoms with E-state index in [4.69, 9.17) is 14.2 Å². The number of nitrogens with zero attached hydrogens (tertiary/aromatic N) is 1. The highest BCUT2D eigenvalue weighted by Crippen LogP contribution is 2.38. The Bertz CT molecular complexity index is 766. The number of methoxy groups -OCH3 is 3. The van der Waals surface area contributed by atoms with E-state index in [2.05, 4.69) is 15.9 Å².